The first kappa shape index (κ1) is 15.3. The zero-order valence-corrected chi connectivity index (χ0v) is 13.7. The summed E-state index contributed by atoms with van der Waals surface area (Å²) in [6.45, 7) is 4.35. The smallest absolute Gasteiger partial charge is 0.323 e. The molecular formula is C17H21ClN2O2. The summed E-state index contributed by atoms with van der Waals surface area (Å²) in [6, 6.07) is 7.02. The van der Waals surface area contributed by atoms with Gasteiger partial charge in [0.25, 0.3) is 5.91 Å². The highest BCUT2D eigenvalue weighted by molar-refractivity contribution is 6.31. The second-order valence-corrected chi connectivity index (χ2v) is 6.92. The van der Waals surface area contributed by atoms with E-state index in [1.54, 1.807) is 6.07 Å². The van der Waals surface area contributed by atoms with E-state index >= 15 is 0 Å². The van der Waals surface area contributed by atoms with Crippen LogP contribution in [0.5, 0.6) is 0 Å². The summed E-state index contributed by atoms with van der Waals surface area (Å²) in [5, 5.41) is 3.58. The molecule has 1 N–H and O–H groups in total. The minimum absolute atomic E-state index is 0.0999. The number of hydrogen-bond acceptors (Lipinski definition) is 2. The second-order valence-electron chi connectivity index (χ2n) is 6.51. The van der Waals surface area contributed by atoms with Gasteiger partial charge in [-0.3, -0.25) is 9.69 Å². The van der Waals surface area contributed by atoms with Crippen molar-refractivity contribution in [3.05, 3.63) is 34.9 Å². The number of nitrogens with one attached hydrogen (secondary N) is 1. The number of urea groups is 1. The van der Waals surface area contributed by atoms with Crippen molar-refractivity contribution in [3.8, 4) is 0 Å². The summed E-state index contributed by atoms with van der Waals surface area (Å²) >= 11 is 6.16. The number of benzene rings is 1. The van der Waals surface area contributed by atoms with Crippen molar-refractivity contribution in [2.75, 3.05) is 0 Å². The standard InChI is InChI=1S/C17H21ClN2O2/c1-11-6-5-7-12(2)17(11)15(21)20(16(22)19-17)10-13-8-3-4-9-14(13)18/h3-4,8-9,11-12H,5-7,10H2,1-2H3,(H,19,22). The summed E-state index contributed by atoms with van der Waals surface area (Å²) in [6.07, 6.45) is 3.05. The fraction of sp³-hybridized carbons (Fsp3) is 0.529. The molecular weight excluding hydrogens is 300 g/mol. The number of amides is 3. The van der Waals surface area contributed by atoms with Gasteiger partial charge in [0.15, 0.2) is 0 Å². The highest BCUT2D eigenvalue weighted by atomic mass is 35.5. The maximum Gasteiger partial charge on any atom is 0.325 e. The molecule has 0 bridgehead atoms. The van der Waals surface area contributed by atoms with Crippen molar-refractivity contribution in [1.82, 2.24) is 10.2 Å². The van der Waals surface area contributed by atoms with Crippen LogP contribution in [0.15, 0.2) is 24.3 Å². The van der Waals surface area contributed by atoms with E-state index in [0.29, 0.717) is 5.02 Å². The minimum atomic E-state index is -0.739. The predicted molar refractivity (Wildman–Crippen MR) is 85.4 cm³/mol. The Balaban J connectivity index is 1.90. The van der Waals surface area contributed by atoms with Crippen LogP contribution in [0, 0.1) is 11.8 Å². The van der Waals surface area contributed by atoms with Gasteiger partial charge in [-0.2, -0.15) is 0 Å². The lowest BCUT2D eigenvalue weighted by atomic mass is 9.67. The van der Waals surface area contributed by atoms with E-state index in [1.807, 2.05) is 18.2 Å². The van der Waals surface area contributed by atoms with Crippen molar-refractivity contribution in [2.24, 2.45) is 11.8 Å². The van der Waals surface area contributed by atoms with Gasteiger partial charge in [-0.1, -0.05) is 50.1 Å². The molecule has 3 amide bonds. The Morgan fingerprint density at radius 1 is 1.23 bits per heavy atom. The second kappa shape index (κ2) is 5.58. The molecule has 1 spiro atoms. The SMILES string of the molecule is CC1CCCC(C)C12NC(=O)N(Cc1ccccc1Cl)C2=O. The lowest BCUT2D eigenvalue weighted by Gasteiger charge is -2.42. The van der Waals surface area contributed by atoms with E-state index in [9.17, 15) is 9.59 Å². The third-order valence-electron chi connectivity index (χ3n) is 5.27. The summed E-state index contributed by atoms with van der Waals surface area (Å²) in [5.74, 6) is 0.213. The molecule has 0 aromatic heterocycles. The highest BCUT2D eigenvalue weighted by Crippen LogP contribution is 2.42. The molecule has 1 saturated carbocycles. The van der Waals surface area contributed by atoms with Crippen LogP contribution in [0.3, 0.4) is 0 Å². The molecule has 2 unspecified atom stereocenters. The molecule has 1 heterocycles. The Kier molecular flexibility index (Phi) is 3.89. The molecule has 2 aliphatic rings. The van der Waals surface area contributed by atoms with Crippen LogP contribution in [0.25, 0.3) is 0 Å². The summed E-state index contributed by atoms with van der Waals surface area (Å²) in [5.41, 5.74) is 0.0529. The number of hydrogen-bond donors (Lipinski definition) is 1. The highest BCUT2D eigenvalue weighted by Gasteiger charge is 2.58. The molecule has 5 heteroatoms. The molecule has 1 saturated heterocycles. The molecule has 118 valence electrons. The maximum atomic E-state index is 13.0. The van der Waals surface area contributed by atoms with Crippen LogP contribution in [-0.2, 0) is 11.3 Å². The zero-order valence-electron chi connectivity index (χ0n) is 12.9. The third kappa shape index (κ3) is 2.21. The van der Waals surface area contributed by atoms with Gasteiger partial charge in [0.05, 0.1) is 6.54 Å². The molecule has 1 aromatic rings. The number of rotatable bonds is 2. The molecule has 1 aliphatic heterocycles. The van der Waals surface area contributed by atoms with E-state index in [1.165, 1.54) is 4.90 Å². The number of carbonyl (C=O) groups excluding carboxylic acids is 2. The van der Waals surface area contributed by atoms with Crippen molar-refractivity contribution >= 4 is 23.5 Å². The Hall–Kier alpha value is -1.55. The van der Waals surface area contributed by atoms with Crippen LogP contribution < -0.4 is 5.32 Å². The van der Waals surface area contributed by atoms with E-state index < -0.39 is 5.54 Å². The Morgan fingerprint density at radius 2 is 1.86 bits per heavy atom. The first-order valence-corrected chi connectivity index (χ1v) is 8.22. The van der Waals surface area contributed by atoms with Crippen LogP contribution in [0.2, 0.25) is 5.02 Å². The molecule has 0 radical (unpaired) electrons. The van der Waals surface area contributed by atoms with Gasteiger partial charge in [0.1, 0.15) is 5.54 Å². The number of halogens is 1. The Morgan fingerprint density at radius 3 is 2.50 bits per heavy atom. The van der Waals surface area contributed by atoms with Gasteiger partial charge in [-0.05, 0) is 36.3 Å². The summed E-state index contributed by atoms with van der Waals surface area (Å²) < 4.78 is 0. The Labute approximate surface area is 135 Å². The zero-order chi connectivity index (χ0) is 15.9. The number of imide groups is 1. The normalized spacial score (nSPS) is 31.7. The third-order valence-corrected chi connectivity index (χ3v) is 5.64. The summed E-state index contributed by atoms with van der Waals surface area (Å²) in [4.78, 5) is 26.8. The van der Waals surface area contributed by atoms with E-state index in [4.69, 9.17) is 11.6 Å². The molecule has 4 nitrogen and oxygen atoms in total. The van der Waals surface area contributed by atoms with Gasteiger partial charge >= 0.3 is 6.03 Å². The fourth-order valence-corrected chi connectivity index (χ4v) is 4.09. The van der Waals surface area contributed by atoms with Gasteiger partial charge < -0.3 is 5.32 Å². The molecule has 22 heavy (non-hydrogen) atoms. The van der Waals surface area contributed by atoms with Crippen molar-refractivity contribution in [3.63, 3.8) is 0 Å². The van der Waals surface area contributed by atoms with Crippen molar-refractivity contribution < 1.29 is 9.59 Å². The van der Waals surface area contributed by atoms with Gasteiger partial charge in [-0.25, -0.2) is 4.79 Å². The van der Waals surface area contributed by atoms with Gasteiger partial charge in [-0.15, -0.1) is 0 Å². The summed E-state index contributed by atoms with van der Waals surface area (Å²) in [7, 11) is 0. The average molecular weight is 321 g/mol. The Bertz CT molecular complexity index is 606. The predicted octanol–water partition coefficient (Wildman–Crippen LogP) is 3.59. The minimum Gasteiger partial charge on any atom is -0.323 e. The van der Waals surface area contributed by atoms with E-state index in [-0.39, 0.29) is 30.3 Å². The first-order valence-electron chi connectivity index (χ1n) is 7.84. The molecule has 1 aliphatic carbocycles. The largest absolute Gasteiger partial charge is 0.325 e. The average Bonchev–Trinajstić information content (AvgIpc) is 2.73. The van der Waals surface area contributed by atoms with E-state index in [0.717, 1.165) is 24.8 Å². The topological polar surface area (TPSA) is 49.4 Å². The van der Waals surface area contributed by atoms with Gasteiger partial charge in [0, 0.05) is 5.02 Å². The van der Waals surface area contributed by atoms with E-state index in [2.05, 4.69) is 19.2 Å². The molecule has 1 aromatic carbocycles. The van der Waals surface area contributed by atoms with Gasteiger partial charge in [0.2, 0.25) is 0 Å². The first-order chi connectivity index (χ1) is 10.5. The van der Waals surface area contributed by atoms with Crippen LogP contribution in [0.1, 0.15) is 38.7 Å². The quantitative estimate of drug-likeness (QED) is 0.847. The number of nitrogens with zero attached hydrogens (tertiary/aromatic N) is 1. The maximum absolute atomic E-state index is 13.0. The lowest BCUT2D eigenvalue weighted by molar-refractivity contribution is -0.136. The van der Waals surface area contributed by atoms with Crippen molar-refractivity contribution in [2.45, 2.75) is 45.2 Å². The fourth-order valence-electron chi connectivity index (χ4n) is 3.89. The number of carbonyl (C=O) groups is 2. The van der Waals surface area contributed by atoms with Crippen LogP contribution >= 0.6 is 11.6 Å². The molecule has 3 rings (SSSR count). The molecule has 2 fully saturated rings. The van der Waals surface area contributed by atoms with Crippen LogP contribution in [-0.4, -0.2) is 22.4 Å². The lowest BCUT2D eigenvalue weighted by Crippen LogP contribution is -2.58. The van der Waals surface area contributed by atoms with Crippen LogP contribution in [0.4, 0.5) is 4.79 Å². The van der Waals surface area contributed by atoms with Crippen molar-refractivity contribution in [1.29, 1.82) is 0 Å². The molecule has 2 atom stereocenters. The monoisotopic (exact) mass is 320 g/mol.